The van der Waals surface area contributed by atoms with E-state index in [0.29, 0.717) is 5.50 Å². The summed E-state index contributed by atoms with van der Waals surface area (Å²) in [6, 6.07) is 1.00. The Balaban J connectivity index is 3.84. The van der Waals surface area contributed by atoms with Crippen molar-refractivity contribution < 1.29 is 8.85 Å². The van der Waals surface area contributed by atoms with E-state index in [1.807, 2.05) is 0 Å². The molecule has 0 aliphatic heterocycles. The number of hydrogen-bond donors (Lipinski definition) is 0. The molecule has 0 heterocycles. The van der Waals surface area contributed by atoms with Gasteiger partial charge >= 0.3 is 8.56 Å². The highest BCUT2D eigenvalue weighted by atomic mass is 35.5. The van der Waals surface area contributed by atoms with Crippen molar-refractivity contribution in [1.82, 2.24) is 0 Å². The molecule has 0 aromatic rings. The maximum atomic E-state index is 5.77. The fraction of sp³-hybridized carbons (Fsp3) is 1.00. The molecule has 0 unspecified atom stereocenters. The first-order chi connectivity index (χ1) is 5.24. The molecule has 0 fully saturated rings. The minimum absolute atomic E-state index is 0.528. The summed E-state index contributed by atoms with van der Waals surface area (Å²) in [5.41, 5.74) is 0.528. The van der Waals surface area contributed by atoms with E-state index in [9.17, 15) is 0 Å². The van der Waals surface area contributed by atoms with Gasteiger partial charge in [-0.25, -0.2) is 0 Å². The van der Waals surface area contributed by atoms with Crippen molar-refractivity contribution in [2.45, 2.75) is 25.8 Å². The largest absolute Gasteiger partial charge is 0.397 e. The molecule has 0 atom stereocenters. The first-order valence-electron chi connectivity index (χ1n) is 3.91. The SMILES string of the molecule is CCCC[Si](CCl)(OC)OC. The monoisotopic (exact) mass is 196 g/mol. The average Bonchev–Trinajstić information content (AvgIpc) is 2.08. The van der Waals surface area contributed by atoms with Crippen LogP contribution in [-0.4, -0.2) is 28.3 Å². The molecule has 4 heteroatoms. The second-order valence-corrected chi connectivity index (χ2v) is 6.76. The van der Waals surface area contributed by atoms with Crippen LogP contribution in [0.2, 0.25) is 6.04 Å². The van der Waals surface area contributed by atoms with Crippen molar-refractivity contribution >= 4 is 20.2 Å². The molecule has 0 aromatic heterocycles. The van der Waals surface area contributed by atoms with Gasteiger partial charge in [0.25, 0.3) is 0 Å². The topological polar surface area (TPSA) is 18.5 Å². The molecule has 68 valence electrons. The van der Waals surface area contributed by atoms with E-state index in [-0.39, 0.29) is 0 Å². The van der Waals surface area contributed by atoms with Crippen molar-refractivity contribution in [3.8, 4) is 0 Å². The summed E-state index contributed by atoms with van der Waals surface area (Å²) in [6.45, 7) is 2.15. The lowest BCUT2D eigenvalue weighted by atomic mass is 10.4. The van der Waals surface area contributed by atoms with Crippen LogP contribution in [0.3, 0.4) is 0 Å². The highest BCUT2D eigenvalue weighted by Gasteiger charge is 2.33. The molecule has 0 rings (SSSR count). The summed E-state index contributed by atoms with van der Waals surface area (Å²) < 4.78 is 10.6. The summed E-state index contributed by atoms with van der Waals surface area (Å²) >= 11 is 5.77. The minimum atomic E-state index is -1.97. The molecule has 0 saturated carbocycles. The predicted molar refractivity (Wildman–Crippen MR) is 50.2 cm³/mol. The van der Waals surface area contributed by atoms with Gasteiger partial charge in [0.1, 0.15) is 0 Å². The van der Waals surface area contributed by atoms with Crippen LogP contribution in [0.15, 0.2) is 0 Å². The fourth-order valence-corrected chi connectivity index (χ4v) is 3.78. The Hall–Kier alpha value is 0.427. The lowest BCUT2D eigenvalue weighted by molar-refractivity contribution is 0.247. The van der Waals surface area contributed by atoms with Crippen molar-refractivity contribution in [2.75, 3.05) is 19.7 Å². The zero-order valence-corrected chi connectivity index (χ0v) is 9.28. The molecule has 0 aliphatic carbocycles. The van der Waals surface area contributed by atoms with Gasteiger partial charge in [0, 0.05) is 14.2 Å². The Morgan fingerprint density at radius 2 is 1.82 bits per heavy atom. The van der Waals surface area contributed by atoms with E-state index in [0.717, 1.165) is 12.5 Å². The fourth-order valence-electron chi connectivity index (χ4n) is 0.909. The van der Waals surface area contributed by atoms with Crippen LogP contribution in [0.4, 0.5) is 0 Å². The normalized spacial score (nSPS) is 12.0. The van der Waals surface area contributed by atoms with Crippen LogP contribution in [0.25, 0.3) is 0 Å². The van der Waals surface area contributed by atoms with E-state index in [4.69, 9.17) is 20.5 Å². The summed E-state index contributed by atoms with van der Waals surface area (Å²) in [6.07, 6.45) is 2.30. The van der Waals surface area contributed by atoms with Gasteiger partial charge < -0.3 is 8.85 Å². The zero-order chi connectivity index (χ0) is 8.74. The number of rotatable bonds is 6. The molecule has 0 saturated heterocycles. The second-order valence-electron chi connectivity index (χ2n) is 2.56. The summed E-state index contributed by atoms with van der Waals surface area (Å²) in [5, 5.41) is 0. The molecule has 0 aliphatic rings. The molecule has 11 heavy (non-hydrogen) atoms. The van der Waals surface area contributed by atoms with Crippen molar-refractivity contribution in [3.05, 3.63) is 0 Å². The molecule has 0 N–H and O–H groups in total. The third-order valence-corrected chi connectivity index (χ3v) is 6.09. The van der Waals surface area contributed by atoms with Gasteiger partial charge in [-0.15, -0.1) is 11.6 Å². The van der Waals surface area contributed by atoms with E-state index in [1.54, 1.807) is 14.2 Å². The van der Waals surface area contributed by atoms with Crippen LogP contribution >= 0.6 is 11.6 Å². The maximum absolute atomic E-state index is 5.77. The lowest BCUT2D eigenvalue weighted by Gasteiger charge is -2.24. The highest BCUT2D eigenvalue weighted by molar-refractivity contribution is 6.74. The molecule has 0 radical (unpaired) electrons. The van der Waals surface area contributed by atoms with Gasteiger partial charge in [0.15, 0.2) is 0 Å². The Kier molecular flexibility index (Phi) is 6.23. The highest BCUT2D eigenvalue weighted by Crippen LogP contribution is 2.16. The van der Waals surface area contributed by atoms with Gasteiger partial charge in [0.2, 0.25) is 0 Å². The number of unbranched alkanes of at least 4 members (excludes halogenated alkanes) is 1. The van der Waals surface area contributed by atoms with Crippen molar-refractivity contribution in [3.63, 3.8) is 0 Å². The summed E-state index contributed by atoms with van der Waals surface area (Å²) in [4.78, 5) is 0. The van der Waals surface area contributed by atoms with Crippen LogP contribution in [0, 0.1) is 0 Å². The predicted octanol–water partition coefficient (Wildman–Crippen LogP) is 2.30. The summed E-state index contributed by atoms with van der Waals surface area (Å²) in [5.74, 6) is 0. The Morgan fingerprint density at radius 3 is 2.09 bits per heavy atom. The molecule has 0 bridgehead atoms. The summed E-state index contributed by atoms with van der Waals surface area (Å²) in [7, 11) is 1.40. The maximum Gasteiger partial charge on any atom is 0.352 e. The minimum Gasteiger partial charge on any atom is -0.397 e. The van der Waals surface area contributed by atoms with Gasteiger partial charge in [0.05, 0.1) is 5.50 Å². The second kappa shape index (κ2) is 6.00. The molecule has 0 spiro atoms. The number of alkyl halides is 1. The van der Waals surface area contributed by atoms with Crippen LogP contribution in [0.5, 0.6) is 0 Å². The van der Waals surface area contributed by atoms with Crippen LogP contribution in [0.1, 0.15) is 19.8 Å². The standard InChI is InChI=1S/C7H17ClO2Si/c1-4-5-6-11(7-8,9-2)10-3/h4-7H2,1-3H3. The van der Waals surface area contributed by atoms with E-state index in [2.05, 4.69) is 6.92 Å². The third kappa shape index (κ3) is 3.56. The smallest absolute Gasteiger partial charge is 0.352 e. The Bertz CT molecular complexity index is 88.2. The zero-order valence-electron chi connectivity index (χ0n) is 7.52. The van der Waals surface area contributed by atoms with Gasteiger partial charge in [-0.05, 0) is 6.04 Å². The average molecular weight is 197 g/mol. The van der Waals surface area contributed by atoms with Crippen molar-refractivity contribution in [2.24, 2.45) is 0 Å². The Morgan fingerprint density at radius 1 is 1.27 bits per heavy atom. The van der Waals surface area contributed by atoms with Crippen molar-refractivity contribution in [1.29, 1.82) is 0 Å². The van der Waals surface area contributed by atoms with Gasteiger partial charge in [-0.3, -0.25) is 0 Å². The third-order valence-electron chi connectivity index (χ3n) is 1.86. The number of hydrogen-bond acceptors (Lipinski definition) is 2. The van der Waals surface area contributed by atoms with Gasteiger partial charge in [-0.2, -0.15) is 0 Å². The van der Waals surface area contributed by atoms with Crippen LogP contribution in [-0.2, 0) is 8.85 Å². The molecule has 2 nitrogen and oxygen atoms in total. The molecule has 0 amide bonds. The Labute approximate surface area is 75.1 Å². The van der Waals surface area contributed by atoms with E-state index >= 15 is 0 Å². The first-order valence-corrected chi connectivity index (χ1v) is 6.67. The van der Waals surface area contributed by atoms with Crippen LogP contribution < -0.4 is 0 Å². The molecular formula is C7H17ClO2Si. The first kappa shape index (κ1) is 11.4. The quantitative estimate of drug-likeness (QED) is 0.480. The van der Waals surface area contributed by atoms with E-state index < -0.39 is 8.56 Å². The number of halogens is 1. The van der Waals surface area contributed by atoms with E-state index in [1.165, 1.54) is 6.42 Å². The lowest BCUT2D eigenvalue weighted by Crippen LogP contribution is -2.42. The molecule has 0 aromatic carbocycles. The van der Waals surface area contributed by atoms with Gasteiger partial charge in [-0.1, -0.05) is 19.8 Å². The molecular weight excluding hydrogens is 180 g/mol.